The van der Waals surface area contributed by atoms with Gasteiger partial charge >= 0.3 is 0 Å². The van der Waals surface area contributed by atoms with Crippen molar-refractivity contribution in [1.82, 2.24) is 14.9 Å². The van der Waals surface area contributed by atoms with Crippen LogP contribution in [-0.2, 0) is 17.8 Å². The number of carbonyl (C=O) groups excluding carboxylic acids is 1. The Morgan fingerprint density at radius 3 is 3.00 bits per heavy atom. The number of rotatable bonds is 6. The van der Waals surface area contributed by atoms with E-state index in [4.69, 9.17) is 4.74 Å². The predicted molar refractivity (Wildman–Crippen MR) is 97.1 cm³/mol. The van der Waals surface area contributed by atoms with E-state index in [-0.39, 0.29) is 23.9 Å². The van der Waals surface area contributed by atoms with Crippen molar-refractivity contribution in [3.8, 4) is 5.75 Å². The van der Waals surface area contributed by atoms with Crippen LogP contribution in [0.2, 0.25) is 0 Å². The van der Waals surface area contributed by atoms with E-state index in [1.165, 1.54) is 11.8 Å². The third-order valence-corrected chi connectivity index (χ3v) is 5.29. The average Bonchev–Trinajstić information content (AvgIpc) is 3.03. The number of amides is 1. The molecule has 132 valence electrons. The standard InChI is InChI=1S/C18H21N3O3S/c1-3-13-8-17(23)21-14(11-25-18(21)20-13)9-16(22)19-10-12-6-4-5-7-15(12)24-2/h4-8,14H,3,9-11H2,1-2H3,(H,19,22)/t14-/m0/s1. The normalized spacial score (nSPS) is 15.7. The van der Waals surface area contributed by atoms with Gasteiger partial charge in [-0.1, -0.05) is 36.9 Å². The van der Waals surface area contributed by atoms with Crippen LogP contribution in [0.5, 0.6) is 5.75 Å². The van der Waals surface area contributed by atoms with Crippen molar-refractivity contribution < 1.29 is 9.53 Å². The topological polar surface area (TPSA) is 73.2 Å². The molecule has 0 spiro atoms. The molecule has 0 unspecified atom stereocenters. The summed E-state index contributed by atoms with van der Waals surface area (Å²) in [5.74, 6) is 1.35. The molecule has 1 aliphatic heterocycles. The van der Waals surface area contributed by atoms with Gasteiger partial charge in [0, 0.05) is 36.0 Å². The number of aryl methyl sites for hydroxylation is 1. The second-order valence-corrected chi connectivity index (χ2v) is 6.84. The van der Waals surface area contributed by atoms with Crippen LogP contribution in [0.1, 0.15) is 30.6 Å². The molecule has 3 rings (SSSR count). The van der Waals surface area contributed by atoms with E-state index in [9.17, 15) is 9.59 Å². The molecule has 1 amide bonds. The predicted octanol–water partition coefficient (Wildman–Crippen LogP) is 2.17. The van der Waals surface area contributed by atoms with Crippen LogP contribution >= 0.6 is 11.8 Å². The summed E-state index contributed by atoms with van der Waals surface area (Å²) in [6.45, 7) is 2.37. The number of hydrogen-bond acceptors (Lipinski definition) is 5. The lowest BCUT2D eigenvalue weighted by atomic mass is 10.2. The Kier molecular flexibility index (Phi) is 5.43. The minimum absolute atomic E-state index is 0.0746. The van der Waals surface area contributed by atoms with Gasteiger partial charge in [-0.15, -0.1) is 0 Å². The lowest BCUT2D eigenvalue weighted by Crippen LogP contribution is -2.30. The minimum Gasteiger partial charge on any atom is -0.496 e. The summed E-state index contributed by atoms with van der Waals surface area (Å²) in [4.78, 5) is 29.1. The van der Waals surface area contributed by atoms with Gasteiger partial charge < -0.3 is 10.1 Å². The summed E-state index contributed by atoms with van der Waals surface area (Å²) >= 11 is 1.53. The summed E-state index contributed by atoms with van der Waals surface area (Å²) in [7, 11) is 1.61. The molecule has 1 aromatic heterocycles. The number of hydrogen-bond donors (Lipinski definition) is 1. The highest BCUT2D eigenvalue weighted by molar-refractivity contribution is 7.99. The molecule has 7 heteroatoms. The molecule has 1 aliphatic rings. The average molecular weight is 359 g/mol. The first-order valence-corrected chi connectivity index (χ1v) is 9.24. The Morgan fingerprint density at radius 1 is 1.44 bits per heavy atom. The fourth-order valence-electron chi connectivity index (χ4n) is 2.86. The van der Waals surface area contributed by atoms with Crippen molar-refractivity contribution in [1.29, 1.82) is 0 Å². The van der Waals surface area contributed by atoms with E-state index in [0.717, 1.165) is 23.4 Å². The first-order chi connectivity index (χ1) is 12.1. The summed E-state index contributed by atoms with van der Waals surface area (Å²) < 4.78 is 6.93. The van der Waals surface area contributed by atoms with E-state index < -0.39 is 0 Å². The second-order valence-electron chi connectivity index (χ2n) is 5.85. The monoisotopic (exact) mass is 359 g/mol. The van der Waals surface area contributed by atoms with E-state index in [0.29, 0.717) is 17.5 Å². The Bertz CT molecular complexity index is 835. The first kappa shape index (κ1) is 17.5. The van der Waals surface area contributed by atoms with Crippen LogP contribution in [0.25, 0.3) is 0 Å². The molecular weight excluding hydrogens is 338 g/mol. The Hall–Kier alpha value is -2.28. The number of benzene rings is 1. The molecule has 25 heavy (non-hydrogen) atoms. The zero-order valence-corrected chi connectivity index (χ0v) is 15.1. The lowest BCUT2D eigenvalue weighted by molar-refractivity contribution is -0.121. The van der Waals surface area contributed by atoms with Gasteiger partial charge in [0.2, 0.25) is 5.91 Å². The Labute approximate surface area is 150 Å². The molecule has 1 atom stereocenters. The molecule has 0 saturated carbocycles. The van der Waals surface area contributed by atoms with Gasteiger partial charge in [-0.3, -0.25) is 14.2 Å². The quantitative estimate of drug-likeness (QED) is 0.800. The maximum absolute atomic E-state index is 12.3. The number of nitrogens with zero attached hydrogens (tertiary/aromatic N) is 2. The number of ether oxygens (including phenoxy) is 1. The van der Waals surface area contributed by atoms with E-state index >= 15 is 0 Å². The Balaban J connectivity index is 1.65. The third kappa shape index (κ3) is 3.87. The number of thioether (sulfide) groups is 1. The van der Waals surface area contributed by atoms with Gasteiger partial charge in [-0.05, 0) is 12.5 Å². The minimum atomic E-state index is -0.149. The molecule has 1 N–H and O–H groups in total. The third-order valence-electron chi connectivity index (χ3n) is 4.19. The lowest BCUT2D eigenvalue weighted by Gasteiger charge is -2.14. The SMILES string of the molecule is CCc1cc(=O)n2c(n1)SC[C@@H]2CC(=O)NCc1ccccc1OC. The molecular formula is C18H21N3O3S. The van der Waals surface area contributed by atoms with E-state index in [1.807, 2.05) is 31.2 Å². The highest BCUT2D eigenvalue weighted by Crippen LogP contribution is 2.32. The molecule has 1 aromatic carbocycles. The Morgan fingerprint density at radius 2 is 2.24 bits per heavy atom. The van der Waals surface area contributed by atoms with Crippen LogP contribution in [0.15, 0.2) is 40.3 Å². The van der Waals surface area contributed by atoms with Crippen molar-refractivity contribution in [3.63, 3.8) is 0 Å². The van der Waals surface area contributed by atoms with Crippen LogP contribution in [0.4, 0.5) is 0 Å². The fraction of sp³-hybridized carbons (Fsp3) is 0.389. The summed E-state index contributed by atoms with van der Waals surface area (Å²) in [6, 6.07) is 8.99. The largest absolute Gasteiger partial charge is 0.496 e. The maximum Gasteiger partial charge on any atom is 0.254 e. The number of methoxy groups -OCH3 is 1. The zero-order valence-electron chi connectivity index (χ0n) is 14.3. The van der Waals surface area contributed by atoms with Gasteiger partial charge in [0.25, 0.3) is 5.56 Å². The van der Waals surface area contributed by atoms with Crippen molar-refractivity contribution in [3.05, 3.63) is 51.9 Å². The highest BCUT2D eigenvalue weighted by atomic mass is 32.2. The molecule has 0 fully saturated rings. The maximum atomic E-state index is 12.3. The van der Waals surface area contributed by atoms with Gasteiger partial charge in [0.05, 0.1) is 13.2 Å². The summed E-state index contributed by atoms with van der Waals surface area (Å²) in [6.07, 6.45) is 0.996. The molecule has 0 bridgehead atoms. The molecule has 0 aliphatic carbocycles. The zero-order chi connectivity index (χ0) is 17.8. The van der Waals surface area contributed by atoms with Gasteiger partial charge in [-0.2, -0.15) is 0 Å². The van der Waals surface area contributed by atoms with Gasteiger partial charge in [0.15, 0.2) is 5.16 Å². The number of aromatic nitrogens is 2. The van der Waals surface area contributed by atoms with Crippen LogP contribution in [-0.4, -0.2) is 28.3 Å². The number of para-hydroxylation sites is 1. The van der Waals surface area contributed by atoms with Crippen molar-refractivity contribution in [2.45, 2.75) is 37.5 Å². The molecule has 2 aromatic rings. The fourth-order valence-corrected chi connectivity index (χ4v) is 4.03. The number of nitrogens with one attached hydrogen (secondary N) is 1. The first-order valence-electron chi connectivity index (χ1n) is 8.26. The van der Waals surface area contributed by atoms with Gasteiger partial charge in [0.1, 0.15) is 5.75 Å². The van der Waals surface area contributed by atoms with Crippen LogP contribution < -0.4 is 15.6 Å². The van der Waals surface area contributed by atoms with E-state index in [2.05, 4.69) is 10.3 Å². The van der Waals surface area contributed by atoms with Crippen molar-refractivity contribution >= 4 is 17.7 Å². The van der Waals surface area contributed by atoms with Crippen LogP contribution in [0.3, 0.4) is 0 Å². The number of fused-ring (bicyclic) bond motifs is 1. The number of carbonyl (C=O) groups is 1. The van der Waals surface area contributed by atoms with Crippen molar-refractivity contribution in [2.75, 3.05) is 12.9 Å². The molecule has 2 heterocycles. The highest BCUT2D eigenvalue weighted by Gasteiger charge is 2.27. The van der Waals surface area contributed by atoms with Crippen molar-refractivity contribution in [2.24, 2.45) is 0 Å². The summed E-state index contributed by atoms with van der Waals surface area (Å²) in [5.41, 5.74) is 1.64. The second kappa shape index (κ2) is 7.74. The smallest absolute Gasteiger partial charge is 0.254 e. The summed E-state index contributed by atoms with van der Waals surface area (Å²) in [5, 5.41) is 3.62. The van der Waals surface area contributed by atoms with E-state index in [1.54, 1.807) is 17.7 Å². The molecule has 0 radical (unpaired) electrons. The molecule has 6 nitrogen and oxygen atoms in total. The van der Waals surface area contributed by atoms with Crippen LogP contribution in [0, 0.1) is 0 Å². The molecule has 0 saturated heterocycles. The van der Waals surface area contributed by atoms with Gasteiger partial charge in [-0.25, -0.2) is 4.98 Å².